The van der Waals surface area contributed by atoms with Gasteiger partial charge in [-0.1, -0.05) is 0 Å². The predicted octanol–water partition coefficient (Wildman–Crippen LogP) is 2.16. The Balaban J connectivity index is 0.00000200. The van der Waals surface area contributed by atoms with Gasteiger partial charge >= 0.3 is 0 Å². The number of hydrogen-bond donors (Lipinski definition) is 1. The Morgan fingerprint density at radius 1 is 1.24 bits per heavy atom. The fourth-order valence-electron chi connectivity index (χ4n) is 3.42. The maximum absolute atomic E-state index is 12.7. The minimum atomic E-state index is -0.299. The van der Waals surface area contributed by atoms with E-state index in [0.29, 0.717) is 5.91 Å². The molecule has 2 saturated heterocycles. The summed E-state index contributed by atoms with van der Waals surface area (Å²) >= 11 is 0. The highest BCUT2D eigenvalue weighted by atomic mass is 35.5. The number of halogens is 2. The summed E-state index contributed by atoms with van der Waals surface area (Å²) in [7, 11) is 4.26. The minimum absolute atomic E-state index is 0. The number of piperidine rings is 2. The van der Waals surface area contributed by atoms with Gasteiger partial charge in [-0.15, -0.1) is 24.8 Å². The minimum Gasteiger partial charge on any atom is -0.341 e. The quantitative estimate of drug-likeness (QED) is 0.855. The van der Waals surface area contributed by atoms with Crippen molar-refractivity contribution in [2.75, 3.05) is 40.3 Å². The SMILES string of the molecule is CN(C)CC1CCN(C(=O)C2(C)CCCCN2)CC1.Cl.Cl. The van der Waals surface area contributed by atoms with Gasteiger partial charge in [0.2, 0.25) is 5.91 Å². The topological polar surface area (TPSA) is 35.6 Å². The third kappa shape index (κ3) is 5.59. The third-order valence-electron chi connectivity index (χ3n) is 4.62. The van der Waals surface area contributed by atoms with Gasteiger partial charge in [0.15, 0.2) is 0 Å². The predicted molar refractivity (Wildman–Crippen MR) is 92.6 cm³/mol. The zero-order valence-electron chi connectivity index (χ0n) is 13.6. The molecule has 1 unspecified atom stereocenters. The number of likely N-dealkylation sites (tertiary alicyclic amines) is 1. The van der Waals surface area contributed by atoms with Crippen molar-refractivity contribution in [3.05, 3.63) is 0 Å². The molecule has 0 spiro atoms. The lowest BCUT2D eigenvalue weighted by Gasteiger charge is -2.41. The van der Waals surface area contributed by atoms with Gasteiger partial charge < -0.3 is 15.1 Å². The lowest BCUT2D eigenvalue weighted by Crippen LogP contribution is -2.59. The van der Waals surface area contributed by atoms with E-state index in [1.165, 1.54) is 12.8 Å². The Hall–Kier alpha value is -0.0300. The summed E-state index contributed by atoms with van der Waals surface area (Å²) in [5.74, 6) is 1.08. The highest BCUT2D eigenvalue weighted by Crippen LogP contribution is 2.25. The van der Waals surface area contributed by atoms with Crippen LogP contribution in [-0.4, -0.2) is 61.5 Å². The summed E-state index contributed by atoms with van der Waals surface area (Å²) in [6, 6.07) is 0. The first kappa shape index (κ1) is 21.0. The Labute approximate surface area is 141 Å². The number of nitrogens with zero attached hydrogens (tertiary/aromatic N) is 2. The molecule has 0 aromatic carbocycles. The number of carbonyl (C=O) groups excluding carboxylic acids is 1. The molecule has 6 heteroatoms. The van der Waals surface area contributed by atoms with Crippen LogP contribution in [0.25, 0.3) is 0 Å². The van der Waals surface area contributed by atoms with Crippen molar-refractivity contribution in [2.45, 2.75) is 44.6 Å². The number of carbonyl (C=O) groups is 1. The Morgan fingerprint density at radius 3 is 2.33 bits per heavy atom. The van der Waals surface area contributed by atoms with E-state index in [0.717, 1.165) is 51.4 Å². The first-order valence-electron chi connectivity index (χ1n) is 7.70. The maximum atomic E-state index is 12.7. The Kier molecular flexibility index (Phi) is 9.17. The van der Waals surface area contributed by atoms with Crippen LogP contribution in [0.2, 0.25) is 0 Å². The van der Waals surface area contributed by atoms with E-state index in [9.17, 15) is 4.79 Å². The van der Waals surface area contributed by atoms with E-state index < -0.39 is 0 Å². The summed E-state index contributed by atoms with van der Waals surface area (Å²) in [6.07, 6.45) is 5.67. The van der Waals surface area contributed by atoms with Gasteiger partial charge in [0, 0.05) is 19.6 Å². The van der Waals surface area contributed by atoms with E-state index in [2.05, 4.69) is 36.1 Å². The highest BCUT2D eigenvalue weighted by molar-refractivity contribution is 5.86. The molecular weight excluding hydrogens is 309 g/mol. The smallest absolute Gasteiger partial charge is 0.242 e. The van der Waals surface area contributed by atoms with Crippen molar-refractivity contribution in [1.29, 1.82) is 0 Å². The Bertz CT molecular complexity index is 312. The first-order valence-corrected chi connectivity index (χ1v) is 7.70. The molecule has 1 atom stereocenters. The molecule has 0 radical (unpaired) electrons. The van der Waals surface area contributed by atoms with Gasteiger partial charge in [0.25, 0.3) is 0 Å². The van der Waals surface area contributed by atoms with E-state index in [1.54, 1.807) is 0 Å². The van der Waals surface area contributed by atoms with Gasteiger partial charge in [-0.05, 0) is 65.6 Å². The van der Waals surface area contributed by atoms with Crippen molar-refractivity contribution in [2.24, 2.45) is 5.92 Å². The second-order valence-electron chi connectivity index (χ2n) is 6.71. The average molecular weight is 340 g/mol. The van der Waals surface area contributed by atoms with Crippen molar-refractivity contribution >= 4 is 30.7 Å². The van der Waals surface area contributed by atoms with Gasteiger partial charge in [-0.3, -0.25) is 4.79 Å². The molecule has 0 aliphatic carbocycles. The second-order valence-corrected chi connectivity index (χ2v) is 6.71. The zero-order valence-corrected chi connectivity index (χ0v) is 15.2. The molecule has 2 aliphatic rings. The van der Waals surface area contributed by atoms with Crippen LogP contribution in [0.3, 0.4) is 0 Å². The molecule has 2 fully saturated rings. The maximum Gasteiger partial charge on any atom is 0.242 e. The van der Waals surface area contributed by atoms with Crippen LogP contribution in [0, 0.1) is 5.92 Å². The molecule has 1 amide bonds. The lowest BCUT2D eigenvalue weighted by molar-refractivity contribution is -0.140. The highest BCUT2D eigenvalue weighted by Gasteiger charge is 2.38. The second kappa shape index (κ2) is 9.19. The number of rotatable bonds is 3. The largest absolute Gasteiger partial charge is 0.341 e. The molecule has 1 N–H and O–H groups in total. The monoisotopic (exact) mass is 339 g/mol. The van der Waals surface area contributed by atoms with Crippen LogP contribution < -0.4 is 5.32 Å². The molecule has 21 heavy (non-hydrogen) atoms. The molecular formula is C15H31Cl2N3O. The standard InChI is InChI=1S/C15H29N3O.2ClH/c1-15(8-4-5-9-16-15)14(19)18-10-6-13(7-11-18)12-17(2)3;;/h13,16H,4-12H2,1-3H3;2*1H. The zero-order chi connectivity index (χ0) is 13.9. The number of hydrogen-bond acceptors (Lipinski definition) is 3. The van der Waals surface area contributed by atoms with Crippen LogP contribution in [0.4, 0.5) is 0 Å². The molecule has 0 aromatic heterocycles. The van der Waals surface area contributed by atoms with Crippen LogP contribution in [-0.2, 0) is 4.79 Å². The number of amides is 1. The van der Waals surface area contributed by atoms with Crippen molar-refractivity contribution in [1.82, 2.24) is 15.1 Å². The van der Waals surface area contributed by atoms with Crippen molar-refractivity contribution in [3.63, 3.8) is 0 Å². The van der Waals surface area contributed by atoms with Crippen LogP contribution in [0.1, 0.15) is 39.0 Å². The van der Waals surface area contributed by atoms with Gasteiger partial charge in [-0.25, -0.2) is 0 Å². The summed E-state index contributed by atoms with van der Waals surface area (Å²) in [6.45, 7) is 6.10. The average Bonchev–Trinajstić information content (AvgIpc) is 2.39. The van der Waals surface area contributed by atoms with Crippen LogP contribution in [0.5, 0.6) is 0 Å². The van der Waals surface area contributed by atoms with Gasteiger partial charge in [-0.2, -0.15) is 0 Å². The van der Waals surface area contributed by atoms with E-state index in [-0.39, 0.29) is 30.4 Å². The Morgan fingerprint density at radius 2 is 1.86 bits per heavy atom. The summed E-state index contributed by atoms with van der Waals surface area (Å²) < 4.78 is 0. The van der Waals surface area contributed by atoms with Gasteiger partial charge in [0.05, 0.1) is 5.54 Å². The normalized spacial score (nSPS) is 27.0. The molecule has 4 nitrogen and oxygen atoms in total. The third-order valence-corrected chi connectivity index (χ3v) is 4.62. The van der Waals surface area contributed by atoms with E-state index in [4.69, 9.17) is 0 Å². The fourth-order valence-corrected chi connectivity index (χ4v) is 3.42. The molecule has 0 aromatic rings. The molecule has 2 rings (SSSR count). The number of nitrogens with one attached hydrogen (secondary N) is 1. The van der Waals surface area contributed by atoms with Gasteiger partial charge in [0.1, 0.15) is 0 Å². The van der Waals surface area contributed by atoms with Crippen molar-refractivity contribution < 1.29 is 4.79 Å². The molecule has 0 saturated carbocycles. The molecule has 2 aliphatic heterocycles. The van der Waals surface area contributed by atoms with Crippen molar-refractivity contribution in [3.8, 4) is 0 Å². The first-order chi connectivity index (χ1) is 9.01. The van der Waals surface area contributed by atoms with E-state index >= 15 is 0 Å². The van der Waals surface area contributed by atoms with E-state index in [1.807, 2.05) is 0 Å². The molecule has 126 valence electrons. The summed E-state index contributed by atoms with van der Waals surface area (Å²) in [5, 5.41) is 3.44. The lowest BCUT2D eigenvalue weighted by atomic mass is 9.88. The van der Waals surface area contributed by atoms with Crippen LogP contribution >= 0.6 is 24.8 Å². The fraction of sp³-hybridized carbons (Fsp3) is 0.933. The molecule has 0 bridgehead atoms. The van der Waals surface area contributed by atoms with Crippen LogP contribution in [0.15, 0.2) is 0 Å². The summed E-state index contributed by atoms with van der Waals surface area (Å²) in [4.78, 5) is 17.0. The summed E-state index contributed by atoms with van der Waals surface area (Å²) in [5.41, 5.74) is -0.299. The molecule has 2 heterocycles.